The number of carbonyl (C=O) groups is 1. The molecule has 1 aliphatic rings. The molecule has 1 aromatic carbocycles. The smallest absolute Gasteiger partial charge is 0.312 e. The number of benzene rings is 1. The highest BCUT2D eigenvalue weighted by atomic mass is 16.4. The van der Waals surface area contributed by atoms with Gasteiger partial charge >= 0.3 is 11.8 Å². The highest BCUT2D eigenvalue weighted by molar-refractivity contribution is 5.90. The van der Waals surface area contributed by atoms with E-state index in [1.807, 2.05) is 31.2 Å². The van der Waals surface area contributed by atoms with Crippen molar-refractivity contribution >= 4 is 17.0 Å². The third-order valence-corrected chi connectivity index (χ3v) is 5.47. The first-order valence-electron chi connectivity index (χ1n) is 10.1. The van der Waals surface area contributed by atoms with E-state index in [2.05, 4.69) is 30.1 Å². The third kappa shape index (κ3) is 2.96. The molecule has 1 amide bonds. The maximum absolute atomic E-state index is 13.4. The first-order chi connectivity index (χ1) is 15.7. The summed E-state index contributed by atoms with van der Waals surface area (Å²) < 4.78 is 11.7. The monoisotopic (exact) mass is 427 g/mol. The minimum Gasteiger partial charge on any atom is -0.438 e. The molecule has 0 fully saturated rings. The zero-order valence-corrected chi connectivity index (χ0v) is 17.0. The normalized spacial score (nSPS) is 15.8. The van der Waals surface area contributed by atoms with Crippen LogP contribution < -0.4 is 0 Å². The zero-order valence-electron chi connectivity index (χ0n) is 17.0. The Labute approximate surface area is 181 Å². The standard InChI is InChI=1S/C22H17N7O3/c1-12-5-6-16-15(10-12)26-20(31-16)18-17-13(24-11-25-17)7-9-29(18)22(30)21-28-27-19(32-21)14-4-2-3-8-23-14/h2-6,8,10-11,18H,7,9H2,1H3,(H,24,25)/t18-/m0/s1. The summed E-state index contributed by atoms with van der Waals surface area (Å²) in [5.74, 6) is 0.0233. The van der Waals surface area contributed by atoms with Gasteiger partial charge < -0.3 is 18.7 Å². The van der Waals surface area contributed by atoms with Crippen LogP contribution in [-0.4, -0.2) is 47.5 Å². The summed E-state index contributed by atoms with van der Waals surface area (Å²) in [4.78, 5) is 31.5. The highest BCUT2D eigenvalue weighted by Gasteiger charge is 2.39. The van der Waals surface area contributed by atoms with Gasteiger partial charge in [-0.05, 0) is 36.8 Å². The van der Waals surface area contributed by atoms with Gasteiger partial charge in [-0.25, -0.2) is 9.97 Å². The molecule has 5 aromatic rings. The number of rotatable bonds is 3. The molecule has 32 heavy (non-hydrogen) atoms. The Morgan fingerprint density at radius 1 is 1.16 bits per heavy atom. The van der Waals surface area contributed by atoms with E-state index in [9.17, 15) is 4.79 Å². The van der Waals surface area contributed by atoms with Crippen LogP contribution in [0.15, 0.2) is 57.8 Å². The van der Waals surface area contributed by atoms with E-state index in [0.29, 0.717) is 35.8 Å². The molecule has 1 N–H and O–H groups in total. The van der Waals surface area contributed by atoms with Crippen molar-refractivity contribution in [3.63, 3.8) is 0 Å². The van der Waals surface area contributed by atoms with Crippen molar-refractivity contribution in [2.24, 2.45) is 0 Å². The fraction of sp³-hybridized carbons (Fsp3) is 0.182. The number of aromatic amines is 1. The van der Waals surface area contributed by atoms with E-state index < -0.39 is 11.9 Å². The Morgan fingerprint density at radius 2 is 2.09 bits per heavy atom. The first-order valence-corrected chi connectivity index (χ1v) is 10.1. The third-order valence-electron chi connectivity index (χ3n) is 5.47. The predicted molar refractivity (Wildman–Crippen MR) is 111 cm³/mol. The molecular formula is C22H17N7O3. The van der Waals surface area contributed by atoms with Crippen molar-refractivity contribution in [2.75, 3.05) is 6.54 Å². The summed E-state index contributed by atoms with van der Waals surface area (Å²) in [5.41, 5.74) is 4.58. The van der Waals surface area contributed by atoms with Crippen molar-refractivity contribution in [3.8, 4) is 11.6 Å². The minimum absolute atomic E-state index is 0.124. The van der Waals surface area contributed by atoms with Crippen LogP contribution in [0.5, 0.6) is 0 Å². The number of oxazole rings is 1. The van der Waals surface area contributed by atoms with Crippen molar-refractivity contribution in [3.05, 3.63) is 77.7 Å². The highest BCUT2D eigenvalue weighted by Crippen LogP contribution is 2.35. The van der Waals surface area contributed by atoms with Gasteiger partial charge in [0.25, 0.3) is 5.89 Å². The zero-order chi connectivity index (χ0) is 21.7. The van der Waals surface area contributed by atoms with Crippen LogP contribution in [0.2, 0.25) is 0 Å². The first kappa shape index (κ1) is 18.4. The number of nitrogens with one attached hydrogen (secondary N) is 1. The van der Waals surface area contributed by atoms with Gasteiger partial charge in [-0.1, -0.05) is 12.1 Å². The molecule has 1 atom stereocenters. The lowest BCUT2D eigenvalue weighted by Crippen LogP contribution is -2.41. The number of H-pyrrole nitrogens is 1. The number of aromatic nitrogens is 6. The average molecular weight is 427 g/mol. The second-order valence-electron chi connectivity index (χ2n) is 7.57. The summed E-state index contributed by atoms with van der Waals surface area (Å²) in [5, 5.41) is 7.96. The quantitative estimate of drug-likeness (QED) is 0.465. The molecule has 0 spiro atoms. The van der Waals surface area contributed by atoms with Crippen molar-refractivity contribution in [2.45, 2.75) is 19.4 Å². The van der Waals surface area contributed by atoms with Crippen LogP contribution in [0.25, 0.3) is 22.7 Å². The Kier molecular flexibility index (Phi) is 4.10. The molecule has 1 aliphatic heterocycles. The van der Waals surface area contributed by atoms with Gasteiger partial charge in [-0.15, -0.1) is 10.2 Å². The van der Waals surface area contributed by atoms with Gasteiger partial charge in [0, 0.05) is 24.9 Å². The summed E-state index contributed by atoms with van der Waals surface area (Å²) >= 11 is 0. The molecule has 0 saturated carbocycles. The molecule has 0 radical (unpaired) electrons. The Balaban J connectivity index is 1.40. The molecule has 6 rings (SSSR count). The number of amides is 1. The van der Waals surface area contributed by atoms with Crippen LogP contribution in [0.4, 0.5) is 0 Å². The molecule has 0 saturated heterocycles. The molecule has 5 heterocycles. The van der Waals surface area contributed by atoms with E-state index in [0.717, 1.165) is 16.8 Å². The Morgan fingerprint density at radius 3 is 2.97 bits per heavy atom. The number of imidazole rings is 1. The Hall–Kier alpha value is -4.34. The lowest BCUT2D eigenvalue weighted by molar-refractivity contribution is 0.0627. The van der Waals surface area contributed by atoms with Crippen LogP contribution >= 0.6 is 0 Å². The van der Waals surface area contributed by atoms with Crippen LogP contribution in [-0.2, 0) is 6.42 Å². The van der Waals surface area contributed by atoms with Gasteiger partial charge in [-0.3, -0.25) is 9.78 Å². The number of hydrogen-bond acceptors (Lipinski definition) is 8. The maximum atomic E-state index is 13.4. The van der Waals surface area contributed by atoms with E-state index in [4.69, 9.17) is 8.83 Å². The van der Waals surface area contributed by atoms with Crippen LogP contribution in [0.1, 0.15) is 39.6 Å². The minimum atomic E-state index is -0.615. The van der Waals surface area contributed by atoms with Crippen molar-refractivity contribution in [1.29, 1.82) is 0 Å². The largest absolute Gasteiger partial charge is 0.438 e. The molecule has 158 valence electrons. The molecular weight excluding hydrogens is 410 g/mol. The van der Waals surface area contributed by atoms with Gasteiger partial charge in [0.15, 0.2) is 11.6 Å². The summed E-state index contributed by atoms with van der Waals surface area (Å²) in [6.07, 6.45) is 3.85. The molecule has 10 heteroatoms. The molecule has 0 aliphatic carbocycles. The molecule has 4 aromatic heterocycles. The summed E-state index contributed by atoms with van der Waals surface area (Å²) in [7, 11) is 0. The topological polar surface area (TPSA) is 127 Å². The lowest BCUT2D eigenvalue weighted by Gasteiger charge is -2.31. The van der Waals surface area contributed by atoms with E-state index >= 15 is 0 Å². The van der Waals surface area contributed by atoms with Gasteiger partial charge in [0.2, 0.25) is 5.89 Å². The molecule has 10 nitrogen and oxygen atoms in total. The predicted octanol–water partition coefficient (Wildman–Crippen LogP) is 3.09. The number of fused-ring (bicyclic) bond motifs is 2. The number of pyridine rings is 1. The van der Waals surface area contributed by atoms with Crippen LogP contribution in [0, 0.1) is 6.92 Å². The fourth-order valence-corrected chi connectivity index (χ4v) is 3.94. The maximum Gasteiger partial charge on any atom is 0.312 e. The summed E-state index contributed by atoms with van der Waals surface area (Å²) in [6.45, 7) is 2.41. The average Bonchev–Trinajstić information content (AvgIpc) is 3.57. The van der Waals surface area contributed by atoms with Gasteiger partial charge in [-0.2, -0.15) is 0 Å². The number of nitrogens with zero attached hydrogens (tertiary/aromatic N) is 6. The van der Waals surface area contributed by atoms with Crippen molar-refractivity contribution in [1.82, 2.24) is 35.0 Å². The Bertz CT molecular complexity index is 1440. The summed E-state index contributed by atoms with van der Waals surface area (Å²) in [6, 6.07) is 10.5. The van der Waals surface area contributed by atoms with Crippen LogP contribution in [0.3, 0.4) is 0 Å². The van der Waals surface area contributed by atoms with Crippen molar-refractivity contribution < 1.29 is 13.6 Å². The van der Waals surface area contributed by atoms with Gasteiger partial charge in [0.1, 0.15) is 11.2 Å². The number of hydrogen-bond donors (Lipinski definition) is 1. The van der Waals surface area contributed by atoms with E-state index in [-0.39, 0.29) is 11.8 Å². The van der Waals surface area contributed by atoms with E-state index in [1.165, 1.54) is 0 Å². The fourth-order valence-electron chi connectivity index (χ4n) is 3.94. The second-order valence-corrected chi connectivity index (χ2v) is 7.57. The number of aryl methyl sites for hydroxylation is 1. The molecule has 0 unspecified atom stereocenters. The lowest BCUT2D eigenvalue weighted by atomic mass is 10.0. The van der Waals surface area contributed by atoms with E-state index in [1.54, 1.807) is 29.6 Å². The van der Waals surface area contributed by atoms with Gasteiger partial charge in [0.05, 0.1) is 12.0 Å². The number of carbonyl (C=O) groups excluding carboxylic acids is 1. The second kappa shape index (κ2) is 7.12. The molecule has 0 bridgehead atoms. The SMILES string of the molecule is Cc1ccc2oc([C@@H]3c4nc[nH]c4CCN3C(=O)c3nnc(-c4ccccn4)o3)nc2c1.